The number of hydrogen-bond acceptors (Lipinski definition) is 7. The molecule has 2 aromatic rings. The van der Waals surface area contributed by atoms with Gasteiger partial charge in [0.05, 0.1) is 19.3 Å². The smallest absolute Gasteiger partial charge is 0.322 e. The third kappa shape index (κ3) is 3.78. The molecule has 2 heterocycles. The number of hydrogen-bond donors (Lipinski definition) is 1. The zero-order valence-corrected chi connectivity index (χ0v) is 11.4. The first-order chi connectivity index (χ1) is 9.21. The standard InChI is InChI=1S/C11H14ClN5O2/c1-3-7-5-13-8(19-7)6-14-10-15-9(12)16-11(17-10)18-4-2/h5H,3-4,6H2,1-2H3,(H,14,15,16,17). The summed E-state index contributed by atoms with van der Waals surface area (Å²) in [4.78, 5) is 16.0. The van der Waals surface area contributed by atoms with E-state index in [9.17, 15) is 0 Å². The minimum Gasteiger partial charge on any atom is -0.464 e. The molecule has 0 saturated heterocycles. The van der Waals surface area contributed by atoms with E-state index in [1.54, 1.807) is 6.20 Å². The third-order valence-electron chi connectivity index (χ3n) is 2.21. The minimum atomic E-state index is 0.0719. The molecule has 0 bridgehead atoms. The molecule has 2 rings (SSSR count). The van der Waals surface area contributed by atoms with E-state index in [0.717, 1.165) is 12.2 Å². The molecule has 0 unspecified atom stereocenters. The Hall–Kier alpha value is -1.89. The lowest BCUT2D eigenvalue weighted by molar-refractivity contribution is 0.312. The van der Waals surface area contributed by atoms with Crippen LogP contribution in [0.2, 0.25) is 5.28 Å². The first kappa shape index (κ1) is 13.5. The van der Waals surface area contributed by atoms with Crippen LogP contribution in [0.5, 0.6) is 6.01 Å². The largest absolute Gasteiger partial charge is 0.464 e. The maximum absolute atomic E-state index is 5.77. The van der Waals surface area contributed by atoms with Crippen molar-refractivity contribution in [3.63, 3.8) is 0 Å². The second-order valence-electron chi connectivity index (χ2n) is 3.57. The van der Waals surface area contributed by atoms with Crippen LogP contribution in [-0.4, -0.2) is 26.5 Å². The summed E-state index contributed by atoms with van der Waals surface area (Å²) in [6.45, 7) is 4.66. The molecule has 0 aromatic carbocycles. The van der Waals surface area contributed by atoms with Crippen LogP contribution >= 0.6 is 11.6 Å². The van der Waals surface area contributed by atoms with Crippen molar-refractivity contribution in [3.8, 4) is 6.01 Å². The summed E-state index contributed by atoms with van der Waals surface area (Å²) >= 11 is 5.77. The molecule has 0 saturated carbocycles. The van der Waals surface area contributed by atoms with Crippen molar-refractivity contribution < 1.29 is 9.15 Å². The van der Waals surface area contributed by atoms with E-state index in [4.69, 9.17) is 20.8 Å². The van der Waals surface area contributed by atoms with Gasteiger partial charge in [-0.2, -0.15) is 15.0 Å². The number of nitrogens with zero attached hydrogens (tertiary/aromatic N) is 4. The fourth-order valence-corrected chi connectivity index (χ4v) is 1.50. The summed E-state index contributed by atoms with van der Waals surface area (Å²) in [5.74, 6) is 1.71. The molecule has 0 radical (unpaired) electrons. The summed E-state index contributed by atoms with van der Waals surface area (Å²) in [5, 5.41) is 3.03. The molecule has 0 aliphatic heterocycles. The Morgan fingerprint density at radius 1 is 1.32 bits per heavy atom. The van der Waals surface area contributed by atoms with E-state index in [-0.39, 0.29) is 11.3 Å². The predicted octanol–water partition coefficient (Wildman–Crippen LogP) is 2.09. The van der Waals surface area contributed by atoms with Crippen LogP contribution < -0.4 is 10.1 Å². The van der Waals surface area contributed by atoms with E-state index < -0.39 is 0 Å². The molecule has 1 N–H and O–H groups in total. The maximum Gasteiger partial charge on any atom is 0.322 e. The fourth-order valence-electron chi connectivity index (χ4n) is 1.35. The van der Waals surface area contributed by atoms with Crippen LogP contribution in [0.1, 0.15) is 25.5 Å². The van der Waals surface area contributed by atoms with Crippen LogP contribution in [0, 0.1) is 0 Å². The van der Waals surface area contributed by atoms with E-state index in [2.05, 4.69) is 25.3 Å². The highest BCUT2D eigenvalue weighted by atomic mass is 35.5. The van der Waals surface area contributed by atoms with E-state index in [1.165, 1.54) is 0 Å². The number of halogens is 1. The van der Waals surface area contributed by atoms with Gasteiger partial charge in [0.1, 0.15) is 5.76 Å². The summed E-state index contributed by atoms with van der Waals surface area (Å²) in [6, 6.07) is 0.187. The van der Waals surface area contributed by atoms with E-state index >= 15 is 0 Å². The normalized spacial score (nSPS) is 10.5. The molecule has 0 spiro atoms. The molecular formula is C11H14ClN5O2. The summed E-state index contributed by atoms with van der Waals surface area (Å²) in [6.07, 6.45) is 2.50. The lowest BCUT2D eigenvalue weighted by atomic mass is 10.4. The molecule has 8 heteroatoms. The number of aromatic nitrogens is 4. The molecule has 0 aliphatic carbocycles. The van der Waals surface area contributed by atoms with Gasteiger partial charge in [-0.05, 0) is 18.5 Å². The third-order valence-corrected chi connectivity index (χ3v) is 2.38. The van der Waals surface area contributed by atoms with Crippen LogP contribution in [0.3, 0.4) is 0 Å². The number of ether oxygens (including phenoxy) is 1. The molecule has 7 nitrogen and oxygen atoms in total. The van der Waals surface area contributed by atoms with Gasteiger partial charge in [0, 0.05) is 6.42 Å². The van der Waals surface area contributed by atoms with Crippen molar-refractivity contribution in [1.82, 2.24) is 19.9 Å². The highest BCUT2D eigenvalue weighted by molar-refractivity contribution is 6.28. The van der Waals surface area contributed by atoms with Crippen molar-refractivity contribution in [2.45, 2.75) is 26.8 Å². The van der Waals surface area contributed by atoms with Gasteiger partial charge in [0.25, 0.3) is 0 Å². The van der Waals surface area contributed by atoms with Crippen molar-refractivity contribution >= 4 is 17.5 Å². The summed E-state index contributed by atoms with van der Waals surface area (Å²) in [5.41, 5.74) is 0. The second kappa shape index (κ2) is 6.33. The number of oxazole rings is 1. The van der Waals surface area contributed by atoms with E-state index in [1.807, 2.05) is 13.8 Å². The van der Waals surface area contributed by atoms with Crippen LogP contribution in [0.15, 0.2) is 10.6 Å². The number of anilines is 1. The van der Waals surface area contributed by atoms with Crippen molar-refractivity contribution in [1.29, 1.82) is 0 Å². The zero-order valence-electron chi connectivity index (χ0n) is 10.7. The predicted molar refractivity (Wildman–Crippen MR) is 69.2 cm³/mol. The molecule has 0 fully saturated rings. The lowest BCUT2D eigenvalue weighted by Crippen LogP contribution is -2.07. The average molecular weight is 284 g/mol. The number of aryl methyl sites for hydroxylation is 1. The van der Waals surface area contributed by atoms with Crippen molar-refractivity contribution in [3.05, 3.63) is 23.1 Å². The SMILES string of the molecule is CCOc1nc(Cl)nc(NCc2ncc(CC)o2)n1. The zero-order chi connectivity index (χ0) is 13.7. The molecule has 0 atom stereocenters. The molecular weight excluding hydrogens is 270 g/mol. The molecule has 0 amide bonds. The van der Waals surface area contributed by atoms with Crippen molar-refractivity contribution in [2.75, 3.05) is 11.9 Å². The maximum atomic E-state index is 5.77. The monoisotopic (exact) mass is 283 g/mol. The van der Waals surface area contributed by atoms with Gasteiger partial charge in [-0.15, -0.1) is 0 Å². The quantitative estimate of drug-likeness (QED) is 0.868. The first-order valence-electron chi connectivity index (χ1n) is 5.93. The highest BCUT2D eigenvalue weighted by Gasteiger charge is 2.07. The number of rotatable bonds is 6. The van der Waals surface area contributed by atoms with Crippen LogP contribution in [-0.2, 0) is 13.0 Å². The Morgan fingerprint density at radius 2 is 2.16 bits per heavy atom. The van der Waals surface area contributed by atoms with Gasteiger partial charge in [0.15, 0.2) is 0 Å². The molecule has 102 valence electrons. The van der Waals surface area contributed by atoms with Gasteiger partial charge in [-0.1, -0.05) is 6.92 Å². The Kier molecular flexibility index (Phi) is 4.51. The second-order valence-corrected chi connectivity index (χ2v) is 3.91. The lowest BCUT2D eigenvalue weighted by Gasteiger charge is -2.05. The number of nitrogens with one attached hydrogen (secondary N) is 1. The fraction of sp³-hybridized carbons (Fsp3) is 0.455. The summed E-state index contributed by atoms with van der Waals surface area (Å²) < 4.78 is 10.6. The first-order valence-corrected chi connectivity index (χ1v) is 6.30. The molecule has 19 heavy (non-hydrogen) atoms. The topological polar surface area (TPSA) is 86.0 Å². The Balaban J connectivity index is 2.02. The van der Waals surface area contributed by atoms with Gasteiger partial charge in [-0.3, -0.25) is 0 Å². The van der Waals surface area contributed by atoms with Crippen LogP contribution in [0.25, 0.3) is 0 Å². The van der Waals surface area contributed by atoms with Crippen LogP contribution in [0.4, 0.5) is 5.95 Å². The van der Waals surface area contributed by atoms with E-state index in [0.29, 0.717) is 25.0 Å². The Labute approximate surface area is 115 Å². The molecule has 2 aromatic heterocycles. The van der Waals surface area contributed by atoms with Crippen molar-refractivity contribution in [2.24, 2.45) is 0 Å². The Bertz CT molecular complexity index is 546. The Morgan fingerprint density at radius 3 is 2.84 bits per heavy atom. The highest BCUT2D eigenvalue weighted by Crippen LogP contribution is 2.12. The summed E-state index contributed by atoms with van der Waals surface area (Å²) in [7, 11) is 0. The van der Waals surface area contributed by atoms with Gasteiger partial charge in [-0.25, -0.2) is 4.98 Å². The van der Waals surface area contributed by atoms with Gasteiger partial charge >= 0.3 is 6.01 Å². The van der Waals surface area contributed by atoms with Gasteiger partial charge in [0.2, 0.25) is 17.1 Å². The van der Waals surface area contributed by atoms with Gasteiger partial charge < -0.3 is 14.5 Å². The average Bonchev–Trinajstić information content (AvgIpc) is 2.84. The minimum absolute atomic E-state index is 0.0719. The molecule has 0 aliphatic rings.